The molecule has 0 spiro atoms. The summed E-state index contributed by atoms with van der Waals surface area (Å²) in [6.07, 6.45) is 0. The molecule has 2 aromatic rings. The summed E-state index contributed by atoms with van der Waals surface area (Å²) in [4.78, 5) is 0. The highest BCUT2D eigenvalue weighted by atomic mass is 14.2. The Balaban J connectivity index is 2.32. The van der Waals surface area contributed by atoms with Crippen molar-refractivity contribution in [1.82, 2.24) is 0 Å². The van der Waals surface area contributed by atoms with Gasteiger partial charge in [-0.1, -0.05) is 48.0 Å². The summed E-state index contributed by atoms with van der Waals surface area (Å²) in [6, 6.07) is 14.9. The molecule has 3 rings (SSSR count). The van der Waals surface area contributed by atoms with Crippen molar-refractivity contribution in [2.24, 2.45) is 0 Å². The molecule has 1 heteroatoms. The molecule has 70 valence electrons. The summed E-state index contributed by atoms with van der Waals surface area (Å²) < 4.78 is 0. The van der Waals surface area contributed by atoms with E-state index in [9.17, 15) is 0 Å². The molecule has 1 atom stereocenters. The van der Waals surface area contributed by atoms with Crippen LogP contribution in [0.4, 0.5) is 0 Å². The minimum absolute atomic E-state index is 0.0519. The molecule has 0 aromatic heterocycles. The molecular formula is C14H11B. The van der Waals surface area contributed by atoms with Crippen LogP contribution in [0.2, 0.25) is 0 Å². The molecule has 0 heterocycles. The third-order valence-electron chi connectivity index (χ3n) is 3.13. The fraction of sp³-hybridized carbons (Fsp3) is 0.143. The first-order valence-corrected chi connectivity index (χ1v) is 5.23. The average Bonchev–Trinajstić information content (AvgIpc) is 2.54. The van der Waals surface area contributed by atoms with E-state index in [1.54, 1.807) is 0 Å². The SMILES string of the molecule is [B]C1c2ccccc2-c2ccc(C)cc21. The lowest BCUT2D eigenvalue weighted by Gasteiger charge is -2.06. The Morgan fingerprint density at radius 2 is 1.67 bits per heavy atom. The minimum Gasteiger partial charge on any atom is -0.0620 e. The maximum atomic E-state index is 6.23. The van der Waals surface area contributed by atoms with Crippen LogP contribution >= 0.6 is 0 Å². The highest BCUT2D eigenvalue weighted by Crippen LogP contribution is 2.42. The molecule has 0 amide bonds. The van der Waals surface area contributed by atoms with E-state index in [0.29, 0.717) is 0 Å². The first-order valence-electron chi connectivity index (χ1n) is 5.23. The van der Waals surface area contributed by atoms with Gasteiger partial charge in [-0.25, -0.2) is 0 Å². The van der Waals surface area contributed by atoms with Crippen molar-refractivity contribution in [3.8, 4) is 11.1 Å². The largest absolute Gasteiger partial charge is 0.0828 e. The molecule has 0 saturated carbocycles. The Kier molecular flexibility index (Phi) is 1.75. The summed E-state index contributed by atoms with van der Waals surface area (Å²) in [6.45, 7) is 2.11. The minimum atomic E-state index is 0.0519. The number of rotatable bonds is 0. The van der Waals surface area contributed by atoms with E-state index in [2.05, 4.69) is 49.4 Å². The molecule has 2 aromatic carbocycles. The quantitative estimate of drug-likeness (QED) is 0.559. The van der Waals surface area contributed by atoms with E-state index in [0.717, 1.165) is 0 Å². The molecule has 2 radical (unpaired) electrons. The van der Waals surface area contributed by atoms with Gasteiger partial charge in [0.05, 0.1) is 7.85 Å². The van der Waals surface area contributed by atoms with Gasteiger partial charge >= 0.3 is 0 Å². The summed E-state index contributed by atoms with van der Waals surface area (Å²) in [7, 11) is 6.23. The van der Waals surface area contributed by atoms with Crippen LogP contribution in [0, 0.1) is 6.92 Å². The first kappa shape index (κ1) is 8.78. The van der Waals surface area contributed by atoms with Crippen molar-refractivity contribution in [3.63, 3.8) is 0 Å². The molecule has 0 saturated heterocycles. The lowest BCUT2D eigenvalue weighted by atomic mass is 9.79. The van der Waals surface area contributed by atoms with E-state index >= 15 is 0 Å². The lowest BCUT2D eigenvalue weighted by molar-refractivity contribution is 1.19. The van der Waals surface area contributed by atoms with Crippen LogP contribution in [0.15, 0.2) is 42.5 Å². The summed E-state index contributed by atoms with van der Waals surface area (Å²) in [5.74, 6) is 0.0519. The fourth-order valence-corrected chi connectivity index (χ4v) is 2.37. The van der Waals surface area contributed by atoms with Gasteiger partial charge in [-0.15, -0.1) is 0 Å². The maximum Gasteiger partial charge on any atom is 0.0828 e. The van der Waals surface area contributed by atoms with Gasteiger partial charge in [-0.3, -0.25) is 0 Å². The summed E-state index contributed by atoms with van der Waals surface area (Å²) in [5, 5.41) is 0. The fourth-order valence-electron chi connectivity index (χ4n) is 2.37. The van der Waals surface area contributed by atoms with Crippen LogP contribution in [0.3, 0.4) is 0 Å². The van der Waals surface area contributed by atoms with Crippen LogP contribution in [0.1, 0.15) is 22.5 Å². The second kappa shape index (κ2) is 3.00. The highest BCUT2D eigenvalue weighted by Gasteiger charge is 2.23. The van der Waals surface area contributed by atoms with E-state index in [1.165, 1.54) is 27.8 Å². The lowest BCUT2D eigenvalue weighted by Crippen LogP contribution is -1.94. The first-order chi connectivity index (χ1) is 7.27. The van der Waals surface area contributed by atoms with Crippen LogP contribution in [0.5, 0.6) is 0 Å². The van der Waals surface area contributed by atoms with Crippen LogP contribution in [-0.2, 0) is 0 Å². The van der Waals surface area contributed by atoms with Crippen molar-refractivity contribution in [3.05, 3.63) is 59.2 Å². The Bertz CT molecular complexity index is 529. The van der Waals surface area contributed by atoms with E-state index in [-0.39, 0.29) is 5.82 Å². The molecule has 0 N–H and O–H groups in total. The predicted molar refractivity (Wildman–Crippen MR) is 64.2 cm³/mol. The van der Waals surface area contributed by atoms with Gasteiger partial charge < -0.3 is 0 Å². The van der Waals surface area contributed by atoms with Crippen molar-refractivity contribution in [1.29, 1.82) is 0 Å². The topological polar surface area (TPSA) is 0 Å². The van der Waals surface area contributed by atoms with Gasteiger partial charge in [-0.05, 0) is 35.0 Å². The molecule has 0 bridgehead atoms. The summed E-state index contributed by atoms with van der Waals surface area (Å²) >= 11 is 0. The van der Waals surface area contributed by atoms with Gasteiger partial charge in [0.15, 0.2) is 0 Å². The van der Waals surface area contributed by atoms with E-state index in [1.807, 2.05) is 0 Å². The number of aryl methyl sites for hydroxylation is 1. The van der Waals surface area contributed by atoms with Crippen molar-refractivity contribution in [2.45, 2.75) is 12.7 Å². The average molecular weight is 190 g/mol. The van der Waals surface area contributed by atoms with Crippen molar-refractivity contribution >= 4 is 7.85 Å². The zero-order valence-electron chi connectivity index (χ0n) is 8.70. The van der Waals surface area contributed by atoms with E-state index < -0.39 is 0 Å². The number of hydrogen-bond donors (Lipinski definition) is 0. The molecule has 1 aliphatic rings. The Morgan fingerprint density at radius 3 is 2.53 bits per heavy atom. The second-order valence-corrected chi connectivity index (χ2v) is 4.16. The third-order valence-corrected chi connectivity index (χ3v) is 3.13. The van der Waals surface area contributed by atoms with Gasteiger partial charge in [0.25, 0.3) is 0 Å². The molecule has 15 heavy (non-hydrogen) atoms. The molecule has 0 aliphatic heterocycles. The maximum absolute atomic E-state index is 6.23. The standard InChI is InChI=1S/C14H11B/c1-9-6-7-11-10-4-2-3-5-12(10)14(15)13(11)8-9/h2-8,14H,1H3. The van der Waals surface area contributed by atoms with Gasteiger partial charge in [0.2, 0.25) is 0 Å². The Labute approximate surface area is 91.4 Å². The predicted octanol–water partition coefficient (Wildman–Crippen LogP) is 3.23. The molecule has 0 fully saturated rings. The highest BCUT2D eigenvalue weighted by molar-refractivity contribution is 6.17. The number of hydrogen-bond acceptors (Lipinski definition) is 0. The van der Waals surface area contributed by atoms with Crippen molar-refractivity contribution < 1.29 is 0 Å². The van der Waals surface area contributed by atoms with Crippen LogP contribution < -0.4 is 0 Å². The normalized spacial score (nSPS) is 17.3. The zero-order chi connectivity index (χ0) is 10.4. The zero-order valence-corrected chi connectivity index (χ0v) is 8.70. The summed E-state index contributed by atoms with van der Waals surface area (Å²) in [5.41, 5.74) is 6.37. The molecule has 1 aliphatic carbocycles. The van der Waals surface area contributed by atoms with Crippen molar-refractivity contribution in [2.75, 3.05) is 0 Å². The van der Waals surface area contributed by atoms with Crippen LogP contribution in [0.25, 0.3) is 11.1 Å². The van der Waals surface area contributed by atoms with Crippen LogP contribution in [-0.4, -0.2) is 7.85 Å². The monoisotopic (exact) mass is 190 g/mol. The van der Waals surface area contributed by atoms with Gasteiger partial charge in [0, 0.05) is 0 Å². The molecule has 0 nitrogen and oxygen atoms in total. The number of benzene rings is 2. The molecular weight excluding hydrogens is 179 g/mol. The van der Waals surface area contributed by atoms with Gasteiger partial charge in [-0.2, -0.15) is 0 Å². The number of fused-ring (bicyclic) bond motifs is 3. The second-order valence-electron chi connectivity index (χ2n) is 4.16. The Hall–Kier alpha value is -1.50. The molecule has 1 unspecified atom stereocenters. The van der Waals surface area contributed by atoms with E-state index in [4.69, 9.17) is 7.85 Å². The third kappa shape index (κ3) is 1.16. The smallest absolute Gasteiger partial charge is 0.0620 e. The Morgan fingerprint density at radius 1 is 0.933 bits per heavy atom. The van der Waals surface area contributed by atoms with Gasteiger partial charge in [0.1, 0.15) is 0 Å².